The fourth-order valence-electron chi connectivity index (χ4n) is 2.68. The highest BCUT2D eigenvalue weighted by Crippen LogP contribution is 2.30. The Morgan fingerprint density at radius 1 is 1.23 bits per heavy atom. The zero-order valence-electron chi connectivity index (χ0n) is 14.1. The predicted molar refractivity (Wildman–Crippen MR) is 105 cm³/mol. The van der Waals surface area contributed by atoms with E-state index in [9.17, 15) is 14.4 Å². The lowest BCUT2D eigenvalue weighted by molar-refractivity contribution is -0.121. The maximum Gasteiger partial charge on any atom is 0.247 e. The number of benzene rings is 2. The van der Waals surface area contributed by atoms with Gasteiger partial charge in [0.25, 0.3) is 0 Å². The molecule has 3 rings (SSSR count). The van der Waals surface area contributed by atoms with Gasteiger partial charge in [-0.05, 0) is 48.9 Å². The van der Waals surface area contributed by atoms with Gasteiger partial charge in [0, 0.05) is 17.1 Å². The molecule has 1 N–H and O–H groups in total. The van der Waals surface area contributed by atoms with E-state index in [1.807, 2.05) is 19.1 Å². The molecule has 1 aliphatic rings. The minimum Gasteiger partial charge on any atom is -0.325 e. The number of nitrogens with zero attached hydrogens (tertiary/aromatic N) is 1. The van der Waals surface area contributed by atoms with Gasteiger partial charge in [-0.3, -0.25) is 14.4 Å². The van der Waals surface area contributed by atoms with Gasteiger partial charge >= 0.3 is 0 Å². The number of anilines is 2. The van der Waals surface area contributed by atoms with Crippen LogP contribution >= 0.6 is 23.4 Å². The highest BCUT2D eigenvalue weighted by molar-refractivity contribution is 8.01. The largest absolute Gasteiger partial charge is 0.325 e. The molecule has 26 heavy (non-hydrogen) atoms. The summed E-state index contributed by atoms with van der Waals surface area (Å²) in [5, 5.41) is 2.79. The van der Waals surface area contributed by atoms with Gasteiger partial charge in [0.1, 0.15) is 0 Å². The molecule has 1 fully saturated rings. The number of amides is 3. The molecule has 2 aromatic carbocycles. The summed E-state index contributed by atoms with van der Waals surface area (Å²) in [6.07, 6.45) is 0.103. The lowest BCUT2D eigenvalue weighted by atomic mass is 10.2. The van der Waals surface area contributed by atoms with Gasteiger partial charge in [0.15, 0.2) is 0 Å². The van der Waals surface area contributed by atoms with Crippen LogP contribution in [0.2, 0.25) is 5.02 Å². The fraction of sp³-hybridized carbons (Fsp3) is 0.211. The molecule has 0 aromatic heterocycles. The first kappa shape index (κ1) is 18.5. The number of halogens is 1. The minimum absolute atomic E-state index is 0.0912. The summed E-state index contributed by atoms with van der Waals surface area (Å²) in [5.41, 5.74) is 2.19. The monoisotopic (exact) mass is 388 g/mol. The van der Waals surface area contributed by atoms with Crippen LogP contribution < -0.4 is 10.2 Å². The first-order chi connectivity index (χ1) is 12.4. The van der Waals surface area contributed by atoms with Crippen molar-refractivity contribution in [2.75, 3.05) is 16.0 Å². The first-order valence-electron chi connectivity index (χ1n) is 8.04. The van der Waals surface area contributed by atoms with E-state index in [0.29, 0.717) is 16.4 Å². The molecular formula is C19H17ClN2O3S. The molecule has 0 aliphatic carbocycles. The van der Waals surface area contributed by atoms with Crippen molar-refractivity contribution in [2.45, 2.75) is 18.6 Å². The average Bonchev–Trinajstić information content (AvgIpc) is 2.89. The molecule has 0 spiro atoms. The molecule has 0 saturated carbocycles. The summed E-state index contributed by atoms with van der Waals surface area (Å²) in [4.78, 5) is 38.1. The van der Waals surface area contributed by atoms with E-state index in [2.05, 4.69) is 5.32 Å². The first-order valence-corrected chi connectivity index (χ1v) is 9.47. The number of carbonyl (C=O) groups excluding carboxylic acids is 3. The van der Waals surface area contributed by atoms with Crippen molar-refractivity contribution in [1.29, 1.82) is 0 Å². The third-order valence-electron chi connectivity index (χ3n) is 3.91. The van der Waals surface area contributed by atoms with Crippen molar-refractivity contribution < 1.29 is 14.4 Å². The van der Waals surface area contributed by atoms with Crippen LogP contribution in [-0.4, -0.2) is 28.7 Å². The van der Waals surface area contributed by atoms with E-state index in [1.54, 1.807) is 36.4 Å². The molecule has 2 aromatic rings. The molecule has 1 saturated heterocycles. The average molecular weight is 389 g/mol. The molecule has 5 nitrogen and oxygen atoms in total. The van der Waals surface area contributed by atoms with Gasteiger partial charge in [0.05, 0.1) is 16.7 Å². The Bertz CT molecular complexity index is 854. The zero-order valence-corrected chi connectivity index (χ0v) is 15.6. The number of imide groups is 1. The highest BCUT2D eigenvalue weighted by Gasteiger charge is 2.40. The Hall–Kier alpha value is -2.31. The fourth-order valence-corrected chi connectivity index (χ4v) is 3.74. The predicted octanol–water partition coefficient (Wildman–Crippen LogP) is 3.65. The third-order valence-corrected chi connectivity index (χ3v) is 5.36. The smallest absolute Gasteiger partial charge is 0.247 e. The van der Waals surface area contributed by atoms with Crippen LogP contribution in [0, 0.1) is 6.92 Å². The number of carbonyl (C=O) groups is 3. The second-order valence-electron chi connectivity index (χ2n) is 5.97. The second-order valence-corrected chi connectivity index (χ2v) is 7.59. The van der Waals surface area contributed by atoms with Crippen molar-refractivity contribution in [1.82, 2.24) is 0 Å². The maximum absolute atomic E-state index is 12.6. The molecule has 1 heterocycles. The van der Waals surface area contributed by atoms with Crippen molar-refractivity contribution in [3.05, 3.63) is 59.1 Å². The van der Waals surface area contributed by atoms with E-state index >= 15 is 0 Å². The molecule has 1 atom stereocenters. The van der Waals surface area contributed by atoms with Crippen LogP contribution in [0.5, 0.6) is 0 Å². The van der Waals surface area contributed by atoms with E-state index in [-0.39, 0.29) is 29.9 Å². The van der Waals surface area contributed by atoms with Crippen LogP contribution in [-0.2, 0) is 14.4 Å². The molecule has 0 radical (unpaired) electrons. The van der Waals surface area contributed by atoms with Crippen molar-refractivity contribution in [3.8, 4) is 0 Å². The molecule has 7 heteroatoms. The van der Waals surface area contributed by atoms with Gasteiger partial charge in [-0.25, -0.2) is 4.90 Å². The summed E-state index contributed by atoms with van der Waals surface area (Å²) in [6, 6.07) is 14.0. The minimum atomic E-state index is -0.543. The Morgan fingerprint density at radius 3 is 2.65 bits per heavy atom. The summed E-state index contributed by atoms with van der Waals surface area (Å²) < 4.78 is 0. The molecule has 134 valence electrons. The zero-order chi connectivity index (χ0) is 18.7. The van der Waals surface area contributed by atoms with Gasteiger partial charge in [0.2, 0.25) is 17.7 Å². The summed E-state index contributed by atoms with van der Waals surface area (Å²) in [5.74, 6) is -0.652. The quantitative estimate of drug-likeness (QED) is 0.794. The lowest BCUT2D eigenvalue weighted by Crippen LogP contribution is -2.31. The third kappa shape index (κ3) is 4.26. The van der Waals surface area contributed by atoms with Crippen LogP contribution in [0.3, 0.4) is 0 Å². The maximum atomic E-state index is 12.6. The van der Waals surface area contributed by atoms with Crippen molar-refractivity contribution >= 4 is 52.5 Å². The van der Waals surface area contributed by atoms with Crippen LogP contribution in [0.4, 0.5) is 11.4 Å². The summed E-state index contributed by atoms with van der Waals surface area (Å²) in [6.45, 7) is 1.90. The van der Waals surface area contributed by atoms with Gasteiger partial charge in [-0.15, -0.1) is 11.8 Å². The summed E-state index contributed by atoms with van der Waals surface area (Å²) >= 11 is 6.99. The number of hydrogen-bond donors (Lipinski definition) is 1. The van der Waals surface area contributed by atoms with Gasteiger partial charge in [-0.2, -0.15) is 0 Å². The van der Waals surface area contributed by atoms with Crippen LogP contribution in [0.25, 0.3) is 0 Å². The van der Waals surface area contributed by atoms with E-state index in [1.165, 1.54) is 16.7 Å². The van der Waals surface area contributed by atoms with E-state index in [4.69, 9.17) is 11.6 Å². The van der Waals surface area contributed by atoms with Crippen molar-refractivity contribution in [2.24, 2.45) is 0 Å². The highest BCUT2D eigenvalue weighted by atomic mass is 35.5. The number of hydrogen-bond acceptors (Lipinski definition) is 4. The number of aryl methyl sites for hydroxylation is 1. The van der Waals surface area contributed by atoms with Crippen LogP contribution in [0.15, 0.2) is 48.5 Å². The standard InChI is InChI=1S/C19H17ClN2O3S/c1-12-3-2-4-15(9-12)22-18(24)10-16(19(22)25)26-11-17(23)21-14-7-5-13(20)6-8-14/h2-9,16H,10-11H2,1H3,(H,21,23). The summed E-state index contributed by atoms with van der Waals surface area (Å²) in [7, 11) is 0. The molecule has 1 aliphatic heterocycles. The van der Waals surface area contributed by atoms with Crippen molar-refractivity contribution in [3.63, 3.8) is 0 Å². The Balaban J connectivity index is 1.59. The number of thioether (sulfide) groups is 1. The topological polar surface area (TPSA) is 66.5 Å². The Kier molecular flexibility index (Phi) is 5.64. The molecule has 3 amide bonds. The number of nitrogens with one attached hydrogen (secondary N) is 1. The van der Waals surface area contributed by atoms with Gasteiger partial charge < -0.3 is 5.32 Å². The van der Waals surface area contributed by atoms with E-state index in [0.717, 1.165) is 5.56 Å². The molecule has 0 bridgehead atoms. The SMILES string of the molecule is Cc1cccc(N2C(=O)CC(SCC(=O)Nc3ccc(Cl)cc3)C2=O)c1. The van der Waals surface area contributed by atoms with E-state index < -0.39 is 5.25 Å². The lowest BCUT2D eigenvalue weighted by Gasteiger charge is -2.15. The second kappa shape index (κ2) is 7.93. The molecule has 1 unspecified atom stereocenters. The Labute approximate surface area is 160 Å². The Morgan fingerprint density at radius 2 is 1.96 bits per heavy atom. The molecular weight excluding hydrogens is 372 g/mol. The number of rotatable bonds is 5. The van der Waals surface area contributed by atoms with Gasteiger partial charge in [-0.1, -0.05) is 23.7 Å². The van der Waals surface area contributed by atoms with Crippen LogP contribution in [0.1, 0.15) is 12.0 Å². The normalized spacial score (nSPS) is 16.8.